The van der Waals surface area contributed by atoms with Gasteiger partial charge in [0.05, 0.1) is 5.69 Å². The Hall–Kier alpha value is -1.31. The first-order chi connectivity index (χ1) is 9.10. The first-order valence-electron chi connectivity index (χ1n) is 6.34. The van der Waals surface area contributed by atoms with Gasteiger partial charge < -0.3 is 16.0 Å². The normalized spacial score (nSPS) is 12.7. The van der Waals surface area contributed by atoms with Crippen LogP contribution in [0, 0.1) is 0 Å². The van der Waals surface area contributed by atoms with Gasteiger partial charge in [-0.15, -0.1) is 0 Å². The van der Waals surface area contributed by atoms with Crippen LogP contribution in [0.1, 0.15) is 13.8 Å². The molecule has 1 aromatic carbocycles. The molecule has 0 spiro atoms. The predicted octanol–water partition coefficient (Wildman–Crippen LogP) is 0.929. The van der Waals surface area contributed by atoms with Crippen molar-refractivity contribution in [1.29, 1.82) is 0 Å². The van der Waals surface area contributed by atoms with Crippen LogP contribution in [0.25, 0.3) is 0 Å². The molecule has 0 amide bonds. The summed E-state index contributed by atoms with van der Waals surface area (Å²) in [5.41, 5.74) is 6.82. The van der Waals surface area contributed by atoms with E-state index in [1.807, 2.05) is 14.1 Å². The summed E-state index contributed by atoms with van der Waals surface area (Å²) in [6, 6.07) is 4.86. The zero-order valence-corrected chi connectivity index (χ0v) is 13.5. The fourth-order valence-electron chi connectivity index (χ4n) is 1.49. The van der Waals surface area contributed by atoms with Gasteiger partial charge in [-0.25, -0.2) is 13.1 Å². The van der Waals surface area contributed by atoms with Gasteiger partial charge in [-0.1, -0.05) is 0 Å². The quantitative estimate of drug-likeness (QED) is 0.680. The molecule has 0 atom stereocenters. The number of nitrogen functional groups attached to an aromatic ring is 1. The molecule has 0 aliphatic heterocycles. The third-order valence-electron chi connectivity index (χ3n) is 3.50. The second-order valence-corrected chi connectivity index (χ2v) is 7.38. The highest BCUT2D eigenvalue weighted by Crippen LogP contribution is 2.23. The molecule has 0 unspecified atom stereocenters. The minimum absolute atomic E-state index is 0.0233. The van der Waals surface area contributed by atoms with E-state index in [4.69, 9.17) is 5.73 Å². The van der Waals surface area contributed by atoms with Crippen LogP contribution in [-0.4, -0.2) is 46.5 Å². The van der Waals surface area contributed by atoms with E-state index in [0.717, 1.165) is 12.2 Å². The molecule has 1 rings (SSSR count). The average molecular weight is 300 g/mol. The molecular weight excluding hydrogens is 276 g/mol. The second kappa shape index (κ2) is 5.99. The number of nitrogens with one attached hydrogen (secondary N) is 2. The number of hydrogen-bond donors (Lipinski definition) is 3. The van der Waals surface area contributed by atoms with Crippen LogP contribution in [0.4, 0.5) is 11.4 Å². The standard InChI is InChI=1S/C13H24N4O2S/c1-13(2,17(4)5)9-16-10-6-7-12(11(14)8-10)20(18,19)15-3/h6-8,15-16H,9,14H2,1-5H3. The molecule has 0 radical (unpaired) electrons. The summed E-state index contributed by atoms with van der Waals surface area (Å²) in [4.78, 5) is 2.21. The van der Waals surface area contributed by atoms with Gasteiger partial charge in [0, 0.05) is 17.8 Å². The number of hydrogen-bond acceptors (Lipinski definition) is 5. The average Bonchev–Trinajstić information content (AvgIpc) is 2.36. The van der Waals surface area contributed by atoms with Gasteiger partial charge in [0.25, 0.3) is 0 Å². The van der Waals surface area contributed by atoms with E-state index < -0.39 is 10.0 Å². The Morgan fingerprint density at radius 1 is 1.30 bits per heavy atom. The Balaban J connectivity index is 2.90. The summed E-state index contributed by atoms with van der Waals surface area (Å²) in [6.45, 7) is 4.95. The molecule has 0 aromatic heterocycles. The monoisotopic (exact) mass is 300 g/mol. The zero-order valence-electron chi connectivity index (χ0n) is 12.7. The molecule has 0 aliphatic rings. The van der Waals surface area contributed by atoms with E-state index in [1.54, 1.807) is 12.1 Å². The molecule has 6 nitrogen and oxygen atoms in total. The first-order valence-corrected chi connectivity index (χ1v) is 7.83. The summed E-state index contributed by atoms with van der Waals surface area (Å²) in [5, 5.41) is 3.27. The number of benzene rings is 1. The summed E-state index contributed by atoms with van der Waals surface area (Å²) < 4.78 is 25.7. The molecule has 1 aromatic rings. The molecule has 0 heterocycles. The third-order valence-corrected chi connectivity index (χ3v) is 4.99. The molecule has 114 valence electrons. The molecule has 0 fully saturated rings. The first kappa shape index (κ1) is 16.7. The molecule has 20 heavy (non-hydrogen) atoms. The van der Waals surface area contributed by atoms with Gasteiger partial charge >= 0.3 is 0 Å². The van der Waals surface area contributed by atoms with E-state index in [1.165, 1.54) is 13.1 Å². The van der Waals surface area contributed by atoms with Crippen LogP contribution in [0.5, 0.6) is 0 Å². The smallest absolute Gasteiger partial charge is 0.242 e. The summed E-state index contributed by atoms with van der Waals surface area (Å²) in [6.07, 6.45) is 0. The summed E-state index contributed by atoms with van der Waals surface area (Å²) >= 11 is 0. The van der Waals surface area contributed by atoms with Gasteiger partial charge in [-0.3, -0.25) is 0 Å². The Morgan fingerprint density at radius 3 is 2.35 bits per heavy atom. The van der Waals surface area contributed by atoms with Crippen LogP contribution < -0.4 is 15.8 Å². The number of rotatable bonds is 6. The molecule has 0 saturated heterocycles. The molecular formula is C13H24N4O2S. The molecule has 0 saturated carbocycles. The van der Waals surface area contributed by atoms with Gasteiger partial charge in [0.15, 0.2) is 0 Å². The maximum Gasteiger partial charge on any atom is 0.242 e. The SMILES string of the molecule is CNS(=O)(=O)c1ccc(NCC(C)(C)N(C)C)cc1N. The summed E-state index contributed by atoms with van der Waals surface area (Å²) in [5.74, 6) is 0. The van der Waals surface area contributed by atoms with Crippen molar-refractivity contribution in [3.05, 3.63) is 18.2 Å². The van der Waals surface area contributed by atoms with Crippen LogP contribution in [0.15, 0.2) is 23.1 Å². The zero-order chi connectivity index (χ0) is 15.6. The Labute approximate surface area is 121 Å². The van der Waals surface area contributed by atoms with Gasteiger partial charge in [0.1, 0.15) is 4.90 Å². The van der Waals surface area contributed by atoms with E-state index in [9.17, 15) is 8.42 Å². The number of nitrogens with two attached hydrogens (primary N) is 1. The van der Waals surface area contributed by atoms with E-state index in [0.29, 0.717) is 0 Å². The lowest BCUT2D eigenvalue weighted by atomic mass is 10.0. The van der Waals surface area contributed by atoms with Crippen LogP contribution in [0.3, 0.4) is 0 Å². The predicted molar refractivity (Wildman–Crippen MR) is 83.4 cm³/mol. The Bertz CT molecular complexity index is 568. The van der Waals surface area contributed by atoms with Crippen molar-refractivity contribution >= 4 is 21.4 Å². The highest BCUT2D eigenvalue weighted by atomic mass is 32.2. The second-order valence-electron chi connectivity index (χ2n) is 5.52. The fourth-order valence-corrected chi connectivity index (χ4v) is 2.33. The largest absolute Gasteiger partial charge is 0.398 e. The highest BCUT2D eigenvalue weighted by molar-refractivity contribution is 7.89. The highest BCUT2D eigenvalue weighted by Gasteiger charge is 2.20. The number of likely N-dealkylation sites (N-methyl/N-ethyl adjacent to an activating group) is 1. The minimum Gasteiger partial charge on any atom is -0.398 e. The third kappa shape index (κ3) is 3.84. The van der Waals surface area contributed by atoms with Crippen LogP contribution in [-0.2, 0) is 10.0 Å². The lowest BCUT2D eigenvalue weighted by Gasteiger charge is -2.33. The number of anilines is 2. The van der Waals surface area contributed by atoms with Crippen LogP contribution >= 0.6 is 0 Å². The van der Waals surface area contributed by atoms with Gasteiger partial charge in [-0.2, -0.15) is 0 Å². The van der Waals surface area contributed by atoms with Gasteiger partial charge in [0.2, 0.25) is 10.0 Å². The van der Waals surface area contributed by atoms with Crippen molar-refractivity contribution in [3.63, 3.8) is 0 Å². The summed E-state index contributed by atoms with van der Waals surface area (Å²) in [7, 11) is 1.87. The van der Waals surface area contributed by atoms with E-state index >= 15 is 0 Å². The van der Waals surface area contributed by atoms with Crippen molar-refractivity contribution in [1.82, 2.24) is 9.62 Å². The maximum atomic E-state index is 11.7. The number of nitrogens with zero attached hydrogens (tertiary/aromatic N) is 1. The lowest BCUT2D eigenvalue weighted by molar-refractivity contribution is 0.210. The van der Waals surface area contributed by atoms with E-state index in [2.05, 4.69) is 28.8 Å². The van der Waals surface area contributed by atoms with Crippen molar-refractivity contribution in [2.75, 3.05) is 38.7 Å². The van der Waals surface area contributed by atoms with Crippen molar-refractivity contribution in [2.24, 2.45) is 0 Å². The van der Waals surface area contributed by atoms with Crippen molar-refractivity contribution in [2.45, 2.75) is 24.3 Å². The minimum atomic E-state index is -3.51. The van der Waals surface area contributed by atoms with Crippen molar-refractivity contribution in [3.8, 4) is 0 Å². The molecule has 7 heteroatoms. The molecule has 4 N–H and O–H groups in total. The van der Waals surface area contributed by atoms with Crippen molar-refractivity contribution < 1.29 is 8.42 Å². The van der Waals surface area contributed by atoms with Gasteiger partial charge in [-0.05, 0) is 53.2 Å². The Morgan fingerprint density at radius 2 is 1.90 bits per heavy atom. The molecule has 0 aliphatic carbocycles. The Kier molecular flexibility index (Phi) is 5.01. The van der Waals surface area contributed by atoms with E-state index in [-0.39, 0.29) is 16.1 Å². The lowest BCUT2D eigenvalue weighted by Crippen LogP contribution is -2.44. The van der Waals surface area contributed by atoms with Crippen LogP contribution in [0.2, 0.25) is 0 Å². The number of sulfonamides is 1. The topological polar surface area (TPSA) is 87.5 Å². The maximum absolute atomic E-state index is 11.7. The molecule has 0 bridgehead atoms. The fraction of sp³-hybridized carbons (Fsp3) is 0.538.